The van der Waals surface area contributed by atoms with Gasteiger partial charge in [-0.15, -0.1) is 0 Å². The number of allylic oxidation sites excluding steroid dienone is 4. The maximum atomic E-state index is 11.9. The second-order valence-electron chi connectivity index (χ2n) is 4.75. The zero-order valence-electron chi connectivity index (χ0n) is 8.02. The van der Waals surface area contributed by atoms with Crippen LogP contribution in [0.5, 0.6) is 0 Å². The number of carbonyl (C=O) groups excluding carboxylic acids is 1. The van der Waals surface area contributed by atoms with Gasteiger partial charge in [0.05, 0.1) is 12.0 Å². The molecular formula is C12H14O2. The zero-order valence-corrected chi connectivity index (χ0v) is 8.02. The smallest absolute Gasteiger partial charge is 0.140 e. The van der Waals surface area contributed by atoms with E-state index in [9.17, 15) is 9.90 Å². The van der Waals surface area contributed by atoms with Crippen LogP contribution in [0.15, 0.2) is 24.3 Å². The molecule has 1 saturated carbocycles. The number of fused-ring (bicyclic) bond motifs is 1. The largest absolute Gasteiger partial charge is 0.392 e. The van der Waals surface area contributed by atoms with Gasteiger partial charge in [-0.25, -0.2) is 0 Å². The first-order chi connectivity index (χ1) is 6.71. The lowest BCUT2D eigenvalue weighted by Crippen LogP contribution is -2.32. The Morgan fingerprint density at radius 1 is 1.36 bits per heavy atom. The second kappa shape index (κ2) is 2.57. The molecule has 74 valence electrons. The number of ketones is 1. The van der Waals surface area contributed by atoms with Gasteiger partial charge >= 0.3 is 0 Å². The molecule has 1 spiro atoms. The lowest BCUT2D eigenvalue weighted by atomic mass is 9.75. The molecule has 0 saturated heterocycles. The first kappa shape index (κ1) is 8.42. The quantitative estimate of drug-likeness (QED) is 0.587. The van der Waals surface area contributed by atoms with Crippen LogP contribution in [0.3, 0.4) is 0 Å². The molecule has 0 radical (unpaired) electrons. The van der Waals surface area contributed by atoms with Crippen molar-refractivity contribution in [2.75, 3.05) is 0 Å². The summed E-state index contributed by atoms with van der Waals surface area (Å²) in [6, 6.07) is 0. The van der Waals surface area contributed by atoms with Gasteiger partial charge in [0.2, 0.25) is 0 Å². The van der Waals surface area contributed by atoms with Crippen LogP contribution in [0.25, 0.3) is 0 Å². The molecule has 0 aliphatic heterocycles. The highest BCUT2D eigenvalue weighted by Gasteiger charge is 2.51. The molecule has 2 nitrogen and oxygen atoms in total. The first-order valence-corrected chi connectivity index (χ1v) is 5.31. The summed E-state index contributed by atoms with van der Waals surface area (Å²) in [6.07, 6.45) is 10.4. The van der Waals surface area contributed by atoms with Crippen molar-refractivity contribution in [3.8, 4) is 0 Å². The molecule has 0 heterocycles. The molecule has 1 fully saturated rings. The summed E-state index contributed by atoms with van der Waals surface area (Å²) >= 11 is 0. The number of Topliss-reactive ketones (excluding diaryl/α,β-unsaturated/α-hetero) is 1. The van der Waals surface area contributed by atoms with Gasteiger partial charge in [-0.3, -0.25) is 4.79 Å². The molecule has 1 N–H and O–H groups in total. The van der Waals surface area contributed by atoms with Crippen LogP contribution in [0.1, 0.15) is 19.3 Å². The van der Waals surface area contributed by atoms with E-state index in [1.54, 1.807) is 0 Å². The van der Waals surface area contributed by atoms with Crippen LogP contribution in [0.2, 0.25) is 0 Å². The molecular weight excluding hydrogens is 176 g/mol. The second-order valence-corrected chi connectivity index (χ2v) is 4.75. The molecule has 0 aromatic rings. The van der Waals surface area contributed by atoms with Crippen molar-refractivity contribution in [3.63, 3.8) is 0 Å². The summed E-state index contributed by atoms with van der Waals surface area (Å²) in [5.74, 6) is 0.364. The standard InChI is InChI=1S/C12H14O2/c13-9-3-6-12-4-1-8(2-5-12)7-10(14)11(9)12/h1-2,4-5,8-9,11,13H,3,6-7H2/t8?,9-,11-,12?/m0/s1. The Labute approximate surface area is 83.3 Å². The van der Waals surface area contributed by atoms with Crippen LogP contribution in [-0.2, 0) is 4.79 Å². The molecule has 0 amide bonds. The van der Waals surface area contributed by atoms with Crippen LogP contribution in [0.4, 0.5) is 0 Å². The summed E-state index contributed by atoms with van der Waals surface area (Å²) in [6.45, 7) is 0. The van der Waals surface area contributed by atoms with E-state index in [-0.39, 0.29) is 23.0 Å². The minimum absolute atomic E-state index is 0.135. The highest BCUT2D eigenvalue weighted by Crippen LogP contribution is 2.51. The number of hydrogen-bond acceptors (Lipinski definition) is 2. The predicted molar refractivity (Wildman–Crippen MR) is 52.6 cm³/mol. The Bertz CT molecular complexity index is 326. The molecule has 0 unspecified atom stereocenters. The molecule has 2 atom stereocenters. The third-order valence-electron chi connectivity index (χ3n) is 3.93. The molecule has 2 bridgehead atoms. The van der Waals surface area contributed by atoms with Gasteiger partial charge in [-0.1, -0.05) is 24.3 Å². The predicted octanol–water partition coefficient (Wildman–Crippen LogP) is 1.46. The fraction of sp³-hybridized carbons (Fsp3) is 0.583. The van der Waals surface area contributed by atoms with Crippen molar-refractivity contribution in [2.45, 2.75) is 25.4 Å². The van der Waals surface area contributed by atoms with E-state index < -0.39 is 6.10 Å². The topological polar surface area (TPSA) is 37.3 Å². The van der Waals surface area contributed by atoms with Gasteiger partial charge in [0.1, 0.15) is 5.78 Å². The van der Waals surface area contributed by atoms with Crippen molar-refractivity contribution in [1.82, 2.24) is 0 Å². The highest BCUT2D eigenvalue weighted by molar-refractivity contribution is 5.85. The van der Waals surface area contributed by atoms with E-state index in [4.69, 9.17) is 0 Å². The summed E-state index contributed by atoms with van der Waals surface area (Å²) in [4.78, 5) is 11.9. The van der Waals surface area contributed by atoms with Crippen LogP contribution in [0, 0.1) is 17.3 Å². The molecule has 4 aliphatic carbocycles. The van der Waals surface area contributed by atoms with Crippen molar-refractivity contribution in [2.24, 2.45) is 17.3 Å². The maximum Gasteiger partial charge on any atom is 0.140 e. The maximum absolute atomic E-state index is 11.9. The Kier molecular flexibility index (Phi) is 1.55. The molecule has 0 aromatic carbocycles. The van der Waals surface area contributed by atoms with Crippen LogP contribution >= 0.6 is 0 Å². The summed E-state index contributed by atoms with van der Waals surface area (Å²) in [7, 11) is 0. The summed E-state index contributed by atoms with van der Waals surface area (Å²) in [5, 5.41) is 9.85. The zero-order chi connectivity index (χ0) is 9.76. The third-order valence-corrected chi connectivity index (χ3v) is 3.93. The first-order valence-electron chi connectivity index (χ1n) is 5.31. The van der Waals surface area contributed by atoms with E-state index in [2.05, 4.69) is 24.3 Å². The van der Waals surface area contributed by atoms with Crippen LogP contribution < -0.4 is 0 Å². The number of rotatable bonds is 0. The number of aliphatic hydroxyl groups is 1. The van der Waals surface area contributed by atoms with E-state index >= 15 is 0 Å². The average molecular weight is 190 g/mol. The van der Waals surface area contributed by atoms with Gasteiger partial charge in [-0.2, -0.15) is 0 Å². The summed E-state index contributed by atoms with van der Waals surface area (Å²) < 4.78 is 0. The number of aliphatic hydroxyl groups excluding tert-OH is 1. The van der Waals surface area contributed by atoms with Gasteiger partial charge in [0.25, 0.3) is 0 Å². The lowest BCUT2D eigenvalue weighted by Gasteiger charge is -2.28. The number of hydrogen-bond donors (Lipinski definition) is 1. The van der Waals surface area contributed by atoms with Crippen molar-refractivity contribution in [3.05, 3.63) is 24.3 Å². The molecule has 14 heavy (non-hydrogen) atoms. The fourth-order valence-corrected chi connectivity index (χ4v) is 3.19. The molecule has 0 aromatic heterocycles. The molecule has 2 heteroatoms. The third kappa shape index (κ3) is 0.921. The Morgan fingerprint density at radius 3 is 2.79 bits per heavy atom. The monoisotopic (exact) mass is 190 g/mol. The minimum Gasteiger partial charge on any atom is -0.392 e. The molecule has 4 aliphatic rings. The number of carbonyl (C=O) groups is 1. The minimum atomic E-state index is -0.423. The van der Waals surface area contributed by atoms with Gasteiger partial charge in [-0.05, 0) is 12.8 Å². The normalized spacial score (nSPS) is 49.5. The van der Waals surface area contributed by atoms with Gasteiger partial charge in [0, 0.05) is 17.8 Å². The lowest BCUT2D eigenvalue weighted by molar-refractivity contribution is -0.127. The SMILES string of the molecule is O=C1CC2C=CC3(C=C2)CC[C@H](O)[C@@H]13. The molecule has 4 rings (SSSR count). The summed E-state index contributed by atoms with van der Waals surface area (Å²) in [5.41, 5.74) is -0.135. The van der Waals surface area contributed by atoms with Gasteiger partial charge < -0.3 is 5.11 Å². The van der Waals surface area contributed by atoms with E-state index in [0.29, 0.717) is 6.42 Å². The van der Waals surface area contributed by atoms with Crippen LogP contribution in [-0.4, -0.2) is 17.0 Å². The van der Waals surface area contributed by atoms with Crippen molar-refractivity contribution in [1.29, 1.82) is 0 Å². The Balaban J connectivity index is 2.12. The van der Waals surface area contributed by atoms with E-state index in [0.717, 1.165) is 12.8 Å². The van der Waals surface area contributed by atoms with Crippen molar-refractivity contribution < 1.29 is 9.90 Å². The Hall–Kier alpha value is -0.890. The van der Waals surface area contributed by atoms with E-state index in [1.807, 2.05) is 0 Å². The average Bonchev–Trinajstić information content (AvgIpc) is 2.34. The fourth-order valence-electron chi connectivity index (χ4n) is 3.19. The van der Waals surface area contributed by atoms with E-state index in [1.165, 1.54) is 0 Å². The van der Waals surface area contributed by atoms with Crippen molar-refractivity contribution >= 4 is 5.78 Å². The van der Waals surface area contributed by atoms with Gasteiger partial charge in [0.15, 0.2) is 0 Å². The highest BCUT2D eigenvalue weighted by atomic mass is 16.3. The Morgan fingerprint density at radius 2 is 2.07 bits per heavy atom.